The van der Waals surface area contributed by atoms with Gasteiger partial charge < -0.3 is 4.74 Å². The summed E-state index contributed by atoms with van der Waals surface area (Å²) in [5.74, 6) is -0.475. The van der Waals surface area contributed by atoms with Gasteiger partial charge in [0.25, 0.3) is 0 Å². The zero-order valence-corrected chi connectivity index (χ0v) is 12.4. The van der Waals surface area contributed by atoms with Crippen LogP contribution in [0.4, 0.5) is 0 Å². The van der Waals surface area contributed by atoms with Gasteiger partial charge in [0, 0.05) is 19.3 Å². The molecule has 0 spiro atoms. The summed E-state index contributed by atoms with van der Waals surface area (Å²) in [5.41, 5.74) is 0.516. The topological polar surface area (TPSA) is 63.7 Å². The number of hydrogen-bond acceptors (Lipinski definition) is 4. The van der Waals surface area contributed by atoms with Gasteiger partial charge in [-0.2, -0.15) is 0 Å². The second-order valence-electron chi connectivity index (χ2n) is 5.99. The van der Waals surface area contributed by atoms with Crippen LogP contribution >= 0.6 is 0 Å². The zero-order chi connectivity index (χ0) is 15.6. The van der Waals surface area contributed by atoms with Crippen LogP contribution in [0.5, 0.6) is 0 Å². The van der Waals surface area contributed by atoms with Crippen molar-refractivity contribution < 1.29 is 19.1 Å². The molecule has 2 aliphatic rings. The van der Waals surface area contributed by atoms with Crippen LogP contribution < -0.4 is 0 Å². The molecule has 0 aliphatic carbocycles. The molecule has 0 saturated carbocycles. The molecule has 0 N–H and O–H groups in total. The van der Waals surface area contributed by atoms with Gasteiger partial charge in [0.05, 0.1) is 5.54 Å². The van der Waals surface area contributed by atoms with Crippen molar-refractivity contribution in [2.45, 2.75) is 50.7 Å². The van der Waals surface area contributed by atoms with Crippen molar-refractivity contribution in [1.29, 1.82) is 0 Å². The number of carbonyl (C=O) groups excluding carboxylic acids is 3. The first-order chi connectivity index (χ1) is 10.6. The molecule has 116 valence electrons. The van der Waals surface area contributed by atoms with E-state index in [1.165, 1.54) is 4.90 Å². The Morgan fingerprint density at radius 1 is 1.09 bits per heavy atom. The van der Waals surface area contributed by atoms with Gasteiger partial charge in [-0.1, -0.05) is 30.3 Å². The standard InChI is InChI=1S/C17H19NO4/c19-14-6-9-17(10-7-15(20)18(14)17)11-8-16(21)22-12-13-4-2-1-3-5-13/h1-5H,6-12H2. The van der Waals surface area contributed by atoms with Crippen molar-refractivity contribution in [2.24, 2.45) is 0 Å². The highest BCUT2D eigenvalue weighted by atomic mass is 16.5. The molecule has 1 aromatic carbocycles. The molecule has 2 amide bonds. The highest BCUT2D eigenvalue weighted by Gasteiger charge is 2.52. The second kappa shape index (κ2) is 5.91. The lowest BCUT2D eigenvalue weighted by Crippen LogP contribution is -2.42. The van der Waals surface area contributed by atoms with Crippen LogP contribution in [-0.4, -0.2) is 28.2 Å². The van der Waals surface area contributed by atoms with Gasteiger partial charge in [-0.3, -0.25) is 19.3 Å². The average Bonchev–Trinajstić information content (AvgIpc) is 3.04. The largest absolute Gasteiger partial charge is 0.461 e. The number of amides is 2. The van der Waals surface area contributed by atoms with Crippen LogP contribution in [0.2, 0.25) is 0 Å². The van der Waals surface area contributed by atoms with Gasteiger partial charge in [-0.25, -0.2) is 0 Å². The normalized spacial score (nSPS) is 19.4. The number of benzene rings is 1. The summed E-state index contributed by atoms with van der Waals surface area (Å²) in [4.78, 5) is 36.9. The second-order valence-corrected chi connectivity index (χ2v) is 5.99. The predicted molar refractivity (Wildman–Crippen MR) is 78.5 cm³/mol. The van der Waals surface area contributed by atoms with Crippen LogP contribution in [-0.2, 0) is 25.7 Å². The first-order valence-corrected chi connectivity index (χ1v) is 7.66. The summed E-state index contributed by atoms with van der Waals surface area (Å²) in [7, 11) is 0. The van der Waals surface area contributed by atoms with E-state index in [4.69, 9.17) is 4.74 Å². The first kappa shape index (κ1) is 14.8. The van der Waals surface area contributed by atoms with E-state index in [0.29, 0.717) is 32.1 Å². The number of esters is 1. The van der Waals surface area contributed by atoms with Gasteiger partial charge in [0.2, 0.25) is 11.8 Å². The van der Waals surface area contributed by atoms with Gasteiger partial charge in [0.1, 0.15) is 6.61 Å². The monoisotopic (exact) mass is 301 g/mol. The molecule has 5 heteroatoms. The van der Waals surface area contributed by atoms with E-state index in [-0.39, 0.29) is 30.8 Å². The quantitative estimate of drug-likeness (QED) is 0.618. The number of ether oxygens (including phenoxy) is 1. The summed E-state index contributed by atoms with van der Waals surface area (Å²) in [6, 6.07) is 9.51. The van der Waals surface area contributed by atoms with Crippen LogP contribution in [0, 0.1) is 0 Å². The summed E-state index contributed by atoms with van der Waals surface area (Å²) >= 11 is 0. The predicted octanol–water partition coefficient (Wildman–Crippen LogP) is 2.19. The molecule has 1 aromatic rings. The Bertz CT molecular complexity index is 576. The Kier molecular flexibility index (Phi) is 3.96. The van der Waals surface area contributed by atoms with E-state index >= 15 is 0 Å². The third-order valence-electron chi connectivity index (χ3n) is 4.62. The van der Waals surface area contributed by atoms with Crippen LogP contribution in [0.1, 0.15) is 44.1 Å². The first-order valence-electron chi connectivity index (χ1n) is 7.66. The maximum absolute atomic E-state index is 11.9. The Morgan fingerprint density at radius 3 is 2.36 bits per heavy atom. The molecule has 2 saturated heterocycles. The van der Waals surface area contributed by atoms with Crippen molar-refractivity contribution in [1.82, 2.24) is 4.90 Å². The molecule has 2 heterocycles. The smallest absolute Gasteiger partial charge is 0.306 e. The van der Waals surface area contributed by atoms with Crippen LogP contribution in [0.15, 0.2) is 30.3 Å². The van der Waals surface area contributed by atoms with E-state index < -0.39 is 5.54 Å². The van der Waals surface area contributed by atoms with Crippen molar-refractivity contribution in [2.75, 3.05) is 0 Å². The number of rotatable bonds is 5. The Morgan fingerprint density at radius 2 is 1.73 bits per heavy atom. The highest BCUT2D eigenvalue weighted by Crippen LogP contribution is 2.43. The van der Waals surface area contributed by atoms with E-state index in [1.54, 1.807) is 0 Å². The molecule has 22 heavy (non-hydrogen) atoms. The highest BCUT2D eigenvalue weighted by molar-refractivity contribution is 6.00. The lowest BCUT2D eigenvalue weighted by molar-refractivity contribution is -0.148. The number of nitrogens with zero attached hydrogens (tertiary/aromatic N) is 1. The third-order valence-corrected chi connectivity index (χ3v) is 4.62. The number of fused-ring (bicyclic) bond motifs is 1. The maximum atomic E-state index is 11.9. The fourth-order valence-electron chi connectivity index (χ4n) is 3.43. The number of hydrogen-bond donors (Lipinski definition) is 0. The molecule has 2 fully saturated rings. The molecular weight excluding hydrogens is 282 g/mol. The van der Waals surface area contributed by atoms with E-state index in [1.807, 2.05) is 30.3 Å². The Labute approximate surface area is 129 Å². The molecule has 0 atom stereocenters. The lowest BCUT2D eigenvalue weighted by atomic mass is 9.89. The van der Waals surface area contributed by atoms with Gasteiger partial charge >= 0.3 is 5.97 Å². The van der Waals surface area contributed by atoms with E-state index in [2.05, 4.69) is 0 Å². The molecular formula is C17H19NO4. The minimum atomic E-state index is -0.431. The molecule has 0 unspecified atom stereocenters. The van der Waals surface area contributed by atoms with Crippen molar-refractivity contribution in [3.8, 4) is 0 Å². The van der Waals surface area contributed by atoms with Gasteiger partial charge in [-0.15, -0.1) is 0 Å². The number of imide groups is 1. The van der Waals surface area contributed by atoms with Gasteiger partial charge in [0.15, 0.2) is 0 Å². The van der Waals surface area contributed by atoms with Crippen LogP contribution in [0.3, 0.4) is 0 Å². The number of carbonyl (C=O) groups is 3. The fourth-order valence-corrected chi connectivity index (χ4v) is 3.43. The Hall–Kier alpha value is -2.17. The SMILES string of the molecule is O=C(CCC12CCC(=O)N1C(=O)CC2)OCc1ccccc1. The maximum Gasteiger partial charge on any atom is 0.306 e. The third kappa shape index (κ3) is 2.75. The molecule has 0 bridgehead atoms. The average molecular weight is 301 g/mol. The van der Waals surface area contributed by atoms with Gasteiger partial charge in [-0.05, 0) is 24.8 Å². The minimum absolute atomic E-state index is 0.0971. The summed E-state index contributed by atoms with van der Waals surface area (Å²) in [6.45, 7) is 0.258. The zero-order valence-electron chi connectivity index (χ0n) is 12.4. The molecule has 0 radical (unpaired) electrons. The van der Waals surface area contributed by atoms with Crippen LogP contribution in [0.25, 0.3) is 0 Å². The molecule has 3 rings (SSSR count). The van der Waals surface area contributed by atoms with E-state index in [0.717, 1.165) is 5.56 Å². The summed E-state index contributed by atoms with van der Waals surface area (Å²) in [5, 5.41) is 0. The lowest BCUT2D eigenvalue weighted by Gasteiger charge is -2.30. The molecule has 2 aliphatic heterocycles. The molecule has 5 nitrogen and oxygen atoms in total. The molecule has 0 aromatic heterocycles. The van der Waals surface area contributed by atoms with E-state index in [9.17, 15) is 14.4 Å². The Balaban J connectivity index is 1.53. The fraction of sp³-hybridized carbons (Fsp3) is 0.471. The van der Waals surface area contributed by atoms with Crippen molar-refractivity contribution in [3.63, 3.8) is 0 Å². The van der Waals surface area contributed by atoms with Crippen molar-refractivity contribution >= 4 is 17.8 Å². The minimum Gasteiger partial charge on any atom is -0.461 e. The summed E-state index contributed by atoms with van der Waals surface area (Å²) in [6.07, 6.45) is 2.91. The summed E-state index contributed by atoms with van der Waals surface area (Å²) < 4.78 is 5.26. The van der Waals surface area contributed by atoms with Crippen molar-refractivity contribution in [3.05, 3.63) is 35.9 Å².